The second-order valence-electron chi connectivity index (χ2n) is 6.12. The van der Waals surface area contributed by atoms with Crippen molar-refractivity contribution >= 4 is 23.9 Å². The smallest absolute Gasteiger partial charge is 0.250 e. The first-order chi connectivity index (χ1) is 14.6. The highest BCUT2D eigenvalue weighted by Gasteiger charge is 2.13. The van der Waals surface area contributed by atoms with E-state index >= 15 is 0 Å². The van der Waals surface area contributed by atoms with Crippen LogP contribution in [0, 0.1) is 6.92 Å². The lowest BCUT2D eigenvalue weighted by molar-refractivity contribution is -0.118. The number of nitrogens with zero attached hydrogens (tertiary/aromatic N) is 4. The summed E-state index contributed by atoms with van der Waals surface area (Å²) < 4.78 is 12.7. The third kappa shape index (κ3) is 5.38. The van der Waals surface area contributed by atoms with E-state index in [1.54, 1.807) is 19.2 Å². The zero-order chi connectivity index (χ0) is 21.3. The summed E-state index contributed by atoms with van der Waals surface area (Å²) in [5.41, 5.74) is 4.18. The Morgan fingerprint density at radius 1 is 1.23 bits per heavy atom. The van der Waals surface area contributed by atoms with Gasteiger partial charge in [-0.1, -0.05) is 30.0 Å². The molecule has 0 atom stereocenters. The fraction of sp³-hybridized carbons (Fsp3) is 0.238. The van der Waals surface area contributed by atoms with E-state index < -0.39 is 0 Å². The highest BCUT2D eigenvalue weighted by Crippen LogP contribution is 2.23. The number of hydrogen-bond donors (Lipinski definition) is 1. The van der Waals surface area contributed by atoms with Gasteiger partial charge in [0.25, 0.3) is 5.91 Å². The number of benzene rings is 2. The number of methoxy groups -OCH3 is 1. The van der Waals surface area contributed by atoms with Crippen molar-refractivity contribution in [3.63, 3.8) is 0 Å². The number of ether oxygens (including phenoxy) is 2. The van der Waals surface area contributed by atoms with E-state index in [1.807, 2.05) is 54.8 Å². The molecule has 0 bridgehead atoms. The number of hydrazone groups is 1. The van der Waals surface area contributed by atoms with Crippen LogP contribution in [0.5, 0.6) is 11.5 Å². The lowest BCUT2D eigenvalue weighted by Gasteiger charge is -2.08. The van der Waals surface area contributed by atoms with Gasteiger partial charge in [-0.25, -0.2) is 5.43 Å². The summed E-state index contributed by atoms with van der Waals surface area (Å²) in [4.78, 5) is 12.2. The number of nitrogens with one attached hydrogen (secondary N) is 1. The molecule has 0 aliphatic carbocycles. The SMILES string of the molecule is CCOc1ccc(OC)c(/C=N\NC(=O)CSc2nnc(C)n2-c2ccccc2)c1. The first-order valence-electron chi connectivity index (χ1n) is 9.35. The Morgan fingerprint density at radius 3 is 2.77 bits per heavy atom. The average Bonchev–Trinajstić information content (AvgIpc) is 3.13. The Balaban J connectivity index is 1.61. The standard InChI is InChI=1S/C21H23N5O3S/c1-4-29-18-10-11-19(28-3)16(12-18)13-22-24-20(27)14-30-21-25-23-15(2)26(21)17-8-6-5-7-9-17/h5-13H,4,14H2,1-3H3,(H,24,27)/b22-13-. The van der Waals surface area contributed by atoms with Crippen molar-refractivity contribution in [2.45, 2.75) is 19.0 Å². The second kappa shape index (κ2) is 10.4. The molecule has 0 fully saturated rings. The van der Waals surface area contributed by atoms with E-state index in [0.29, 0.717) is 28.8 Å². The fourth-order valence-electron chi connectivity index (χ4n) is 2.72. The minimum atomic E-state index is -0.253. The summed E-state index contributed by atoms with van der Waals surface area (Å²) >= 11 is 1.29. The fourth-order valence-corrected chi connectivity index (χ4v) is 3.51. The molecule has 3 rings (SSSR count). The number of hydrogen-bond acceptors (Lipinski definition) is 7. The number of amides is 1. The minimum absolute atomic E-state index is 0.151. The highest BCUT2D eigenvalue weighted by molar-refractivity contribution is 7.99. The number of aromatic nitrogens is 3. The molecule has 0 unspecified atom stereocenters. The van der Waals surface area contributed by atoms with Crippen molar-refractivity contribution in [1.29, 1.82) is 0 Å². The van der Waals surface area contributed by atoms with Crippen molar-refractivity contribution in [1.82, 2.24) is 20.2 Å². The van der Waals surface area contributed by atoms with E-state index in [4.69, 9.17) is 9.47 Å². The van der Waals surface area contributed by atoms with Gasteiger partial charge >= 0.3 is 0 Å². The molecule has 156 valence electrons. The molecule has 1 heterocycles. The number of rotatable bonds is 9. The topological polar surface area (TPSA) is 90.6 Å². The normalized spacial score (nSPS) is 10.9. The molecule has 9 heteroatoms. The second-order valence-corrected chi connectivity index (χ2v) is 7.06. The van der Waals surface area contributed by atoms with E-state index in [2.05, 4.69) is 20.7 Å². The Bertz CT molecular complexity index is 1020. The van der Waals surface area contributed by atoms with Crippen molar-refractivity contribution in [3.8, 4) is 17.2 Å². The molecular weight excluding hydrogens is 402 g/mol. The maximum atomic E-state index is 12.2. The molecule has 2 aromatic carbocycles. The molecule has 1 amide bonds. The molecule has 0 saturated heterocycles. The quantitative estimate of drug-likeness (QED) is 0.322. The van der Waals surface area contributed by atoms with Gasteiger partial charge in [-0.15, -0.1) is 10.2 Å². The molecule has 0 aliphatic heterocycles. The van der Waals surface area contributed by atoms with Crippen molar-refractivity contribution in [2.24, 2.45) is 5.10 Å². The van der Waals surface area contributed by atoms with Gasteiger partial charge in [0, 0.05) is 11.3 Å². The number of thioether (sulfide) groups is 1. The Morgan fingerprint density at radius 2 is 2.03 bits per heavy atom. The zero-order valence-corrected chi connectivity index (χ0v) is 17.8. The van der Waals surface area contributed by atoms with Crippen LogP contribution < -0.4 is 14.9 Å². The maximum absolute atomic E-state index is 12.2. The van der Waals surface area contributed by atoms with Crippen LogP contribution in [0.1, 0.15) is 18.3 Å². The molecule has 30 heavy (non-hydrogen) atoms. The largest absolute Gasteiger partial charge is 0.496 e. The zero-order valence-electron chi connectivity index (χ0n) is 17.0. The summed E-state index contributed by atoms with van der Waals surface area (Å²) in [5, 5.41) is 13.0. The van der Waals surface area contributed by atoms with E-state index in [0.717, 1.165) is 11.5 Å². The predicted molar refractivity (Wildman–Crippen MR) is 117 cm³/mol. The van der Waals surface area contributed by atoms with Gasteiger partial charge in [0.2, 0.25) is 0 Å². The van der Waals surface area contributed by atoms with Gasteiger partial charge in [0.1, 0.15) is 17.3 Å². The molecule has 8 nitrogen and oxygen atoms in total. The first-order valence-corrected chi connectivity index (χ1v) is 10.3. The molecular formula is C21H23N5O3S. The summed E-state index contributed by atoms with van der Waals surface area (Å²) in [6, 6.07) is 15.2. The van der Waals surface area contributed by atoms with Crippen molar-refractivity contribution in [3.05, 3.63) is 59.9 Å². The minimum Gasteiger partial charge on any atom is -0.496 e. The predicted octanol–water partition coefficient (Wildman–Crippen LogP) is 3.23. The Labute approximate surface area is 179 Å². The van der Waals surface area contributed by atoms with Crippen LogP contribution in [-0.4, -0.2) is 46.4 Å². The van der Waals surface area contributed by atoms with Gasteiger partial charge in [-0.05, 0) is 44.2 Å². The third-order valence-corrected chi connectivity index (χ3v) is 4.98. The molecule has 0 aliphatic rings. The molecule has 0 radical (unpaired) electrons. The van der Waals surface area contributed by atoms with Gasteiger partial charge in [-0.3, -0.25) is 9.36 Å². The Hall–Kier alpha value is -3.33. The highest BCUT2D eigenvalue weighted by atomic mass is 32.2. The molecule has 1 aromatic heterocycles. The van der Waals surface area contributed by atoms with Crippen molar-refractivity contribution in [2.75, 3.05) is 19.5 Å². The number of carbonyl (C=O) groups is 1. The molecule has 1 N–H and O–H groups in total. The van der Waals surface area contributed by atoms with E-state index in [9.17, 15) is 4.79 Å². The molecule has 3 aromatic rings. The van der Waals surface area contributed by atoms with Crippen LogP contribution in [0.3, 0.4) is 0 Å². The summed E-state index contributed by atoms with van der Waals surface area (Å²) in [7, 11) is 1.58. The summed E-state index contributed by atoms with van der Waals surface area (Å²) in [5.74, 6) is 1.99. The maximum Gasteiger partial charge on any atom is 0.250 e. The van der Waals surface area contributed by atoms with Gasteiger partial charge in [0.05, 0.1) is 25.7 Å². The third-order valence-electron chi connectivity index (χ3n) is 4.05. The summed E-state index contributed by atoms with van der Waals surface area (Å²) in [6.07, 6.45) is 1.53. The Kier molecular flexibility index (Phi) is 7.45. The van der Waals surface area contributed by atoms with Gasteiger partial charge in [-0.2, -0.15) is 5.10 Å². The van der Waals surface area contributed by atoms with Crippen LogP contribution in [0.4, 0.5) is 0 Å². The van der Waals surface area contributed by atoms with E-state index in [-0.39, 0.29) is 11.7 Å². The molecule has 0 saturated carbocycles. The van der Waals surface area contributed by atoms with Crippen LogP contribution in [0.25, 0.3) is 5.69 Å². The average molecular weight is 426 g/mol. The lowest BCUT2D eigenvalue weighted by atomic mass is 10.2. The lowest BCUT2D eigenvalue weighted by Crippen LogP contribution is -2.20. The number of carbonyl (C=O) groups excluding carboxylic acids is 1. The van der Waals surface area contributed by atoms with Gasteiger partial charge < -0.3 is 9.47 Å². The summed E-state index contributed by atoms with van der Waals surface area (Å²) in [6.45, 7) is 4.35. The van der Waals surface area contributed by atoms with Crippen LogP contribution in [-0.2, 0) is 4.79 Å². The number of para-hydroxylation sites is 1. The van der Waals surface area contributed by atoms with Crippen LogP contribution in [0.15, 0.2) is 58.8 Å². The van der Waals surface area contributed by atoms with Crippen LogP contribution in [0.2, 0.25) is 0 Å². The monoisotopic (exact) mass is 425 g/mol. The van der Waals surface area contributed by atoms with E-state index in [1.165, 1.54) is 18.0 Å². The van der Waals surface area contributed by atoms with Gasteiger partial charge in [0.15, 0.2) is 5.16 Å². The van der Waals surface area contributed by atoms with Crippen LogP contribution >= 0.6 is 11.8 Å². The molecule has 0 spiro atoms. The van der Waals surface area contributed by atoms with Crippen molar-refractivity contribution < 1.29 is 14.3 Å². The number of aryl methyl sites for hydroxylation is 1. The first kappa shape index (κ1) is 21.4.